The molecule has 4 aromatic carbocycles. The van der Waals surface area contributed by atoms with Crippen LogP contribution in [0.2, 0.25) is 0 Å². The van der Waals surface area contributed by atoms with Crippen LogP contribution in [0.4, 0.5) is 4.39 Å². The predicted molar refractivity (Wildman–Crippen MR) is 130 cm³/mol. The fraction of sp³-hybridized carbons (Fsp3) is 0.0714. The summed E-state index contributed by atoms with van der Waals surface area (Å²) < 4.78 is 20.6. The number of benzene rings is 4. The summed E-state index contributed by atoms with van der Waals surface area (Å²) in [5, 5.41) is 4.12. The summed E-state index contributed by atoms with van der Waals surface area (Å²) in [6, 6.07) is 27.8. The molecule has 0 saturated carbocycles. The molecule has 34 heavy (non-hydrogen) atoms. The first-order valence-corrected chi connectivity index (χ1v) is 10.9. The number of aromatic nitrogens is 1. The number of hydrogen-bond donors (Lipinski definition) is 1. The van der Waals surface area contributed by atoms with Crippen LogP contribution < -0.4 is 15.5 Å². The first-order chi connectivity index (χ1) is 16.6. The zero-order valence-corrected chi connectivity index (χ0v) is 18.2. The second-order valence-corrected chi connectivity index (χ2v) is 7.93. The van der Waals surface area contributed by atoms with E-state index in [1.54, 1.807) is 36.4 Å². The lowest BCUT2D eigenvalue weighted by molar-refractivity contribution is -0.121. The Kier molecular flexibility index (Phi) is 5.79. The van der Waals surface area contributed by atoms with Gasteiger partial charge in [0, 0.05) is 17.3 Å². The van der Waals surface area contributed by atoms with Crippen molar-refractivity contribution in [1.82, 2.24) is 9.88 Å². The number of pyridine rings is 1. The maximum absolute atomic E-state index is 13.0. The van der Waals surface area contributed by atoms with E-state index in [1.807, 2.05) is 53.1 Å². The van der Waals surface area contributed by atoms with E-state index in [0.29, 0.717) is 28.8 Å². The minimum absolute atomic E-state index is 0.0363. The summed E-state index contributed by atoms with van der Waals surface area (Å²) in [7, 11) is 0. The molecule has 1 aromatic heterocycles. The Morgan fingerprint density at radius 2 is 1.29 bits per heavy atom. The van der Waals surface area contributed by atoms with Gasteiger partial charge in [0.1, 0.15) is 23.9 Å². The molecular formula is C28H21FN2O3. The molecule has 0 radical (unpaired) electrons. The molecular weight excluding hydrogens is 431 g/mol. The van der Waals surface area contributed by atoms with E-state index in [1.165, 1.54) is 12.1 Å². The third kappa shape index (κ3) is 4.38. The van der Waals surface area contributed by atoms with E-state index in [-0.39, 0.29) is 23.7 Å². The number of amides is 1. The third-order valence-electron chi connectivity index (χ3n) is 5.64. The maximum atomic E-state index is 13.0. The zero-order chi connectivity index (χ0) is 23.5. The Morgan fingerprint density at radius 3 is 1.88 bits per heavy atom. The van der Waals surface area contributed by atoms with Crippen molar-refractivity contribution < 1.29 is 13.9 Å². The van der Waals surface area contributed by atoms with Crippen molar-refractivity contribution >= 4 is 27.7 Å². The molecule has 0 spiro atoms. The number of para-hydroxylation sites is 2. The lowest BCUT2D eigenvalue weighted by Crippen LogP contribution is -2.28. The smallest absolute Gasteiger partial charge is 0.240 e. The van der Waals surface area contributed by atoms with Gasteiger partial charge in [-0.3, -0.25) is 9.59 Å². The second kappa shape index (κ2) is 9.19. The lowest BCUT2D eigenvalue weighted by atomic mass is 10.1. The van der Waals surface area contributed by atoms with E-state index < -0.39 is 0 Å². The van der Waals surface area contributed by atoms with Crippen molar-refractivity contribution in [1.29, 1.82) is 0 Å². The minimum Gasteiger partial charge on any atom is -0.457 e. The molecule has 0 bridgehead atoms. The normalized spacial score (nSPS) is 11.0. The molecule has 5 rings (SSSR count). The van der Waals surface area contributed by atoms with Gasteiger partial charge in [-0.15, -0.1) is 0 Å². The van der Waals surface area contributed by atoms with Crippen LogP contribution in [0.1, 0.15) is 5.56 Å². The van der Waals surface area contributed by atoms with Crippen molar-refractivity contribution in [2.75, 3.05) is 0 Å². The van der Waals surface area contributed by atoms with E-state index in [2.05, 4.69) is 5.32 Å². The van der Waals surface area contributed by atoms with Gasteiger partial charge < -0.3 is 14.6 Å². The van der Waals surface area contributed by atoms with Gasteiger partial charge in [-0.1, -0.05) is 36.4 Å². The standard InChI is InChI=1S/C28H21FN2O3/c29-20-11-15-22(16-12-20)34-21-13-9-19(10-14-21)17-30-27(32)18-31-25-7-3-1-5-23(25)28(33)24-6-2-4-8-26(24)31/h1-16H,17-18H2,(H,30,32). The highest BCUT2D eigenvalue weighted by Crippen LogP contribution is 2.22. The van der Waals surface area contributed by atoms with Crippen molar-refractivity contribution in [3.8, 4) is 11.5 Å². The van der Waals surface area contributed by atoms with Crippen molar-refractivity contribution in [3.05, 3.63) is 119 Å². The van der Waals surface area contributed by atoms with Crippen LogP contribution in [-0.2, 0) is 17.9 Å². The molecule has 1 heterocycles. The molecule has 168 valence electrons. The molecule has 5 aromatic rings. The van der Waals surface area contributed by atoms with Gasteiger partial charge in [0.15, 0.2) is 5.43 Å². The predicted octanol–water partition coefficient (Wildman–Crippen LogP) is 5.40. The Bertz CT molecular complexity index is 1480. The van der Waals surface area contributed by atoms with Crippen LogP contribution >= 0.6 is 0 Å². The molecule has 0 aliphatic carbocycles. The summed E-state index contributed by atoms with van der Waals surface area (Å²) in [4.78, 5) is 25.7. The van der Waals surface area contributed by atoms with Gasteiger partial charge in [0.25, 0.3) is 0 Å². The van der Waals surface area contributed by atoms with Gasteiger partial charge in [0.2, 0.25) is 5.91 Å². The molecule has 0 fully saturated rings. The molecule has 1 N–H and O–H groups in total. The molecule has 6 heteroatoms. The lowest BCUT2D eigenvalue weighted by Gasteiger charge is -2.15. The number of nitrogens with one attached hydrogen (secondary N) is 1. The average Bonchev–Trinajstić information content (AvgIpc) is 2.87. The van der Waals surface area contributed by atoms with Gasteiger partial charge in [-0.05, 0) is 66.2 Å². The van der Waals surface area contributed by atoms with E-state index in [4.69, 9.17) is 4.74 Å². The fourth-order valence-electron chi connectivity index (χ4n) is 3.96. The fourth-order valence-corrected chi connectivity index (χ4v) is 3.96. The van der Waals surface area contributed by atoms with E-state index >= 15 is 0 Å². The van der Waals surface area contributed by atoms with Crippen molar-refractivity contribution in [3.63, 3.8) is 0 Å². The van der Waals surface area contributed by atoms with E-state index in [0.717, 1.165) is 16.6 Å². The number of rotatable bonds is 6. The van der Waals surface area contributed by atoms with Crippen molar-refractivity contribution in [2.45, 2.75) is 13.1 Å². The van der Waals surface area contributed by atoms with Gasteiger partial charge >= 0.3 is 0 Å². The Balaban J connectivity index is 1.30. The number of halogens is 1. The zero-order valence-electron chi connectivity index (χ0n) is 18.2. The summed E-state index contributed by atoms with van der Waals surface area (Å²) in [6.07, 6.45) is 0. The molecule has 0 atom stereocenters. The van der Waals surface area contributed by atoms with Gasteiger partial charge in [-0.25, -0.2) is 4.39 Å². The molecule has 5 nitrogen and oxygen atoms in total. The highest BCUT2D eigenvalue weighted by atomic mass is 19.1. The molecule has 0 unspecified atom stereocenters. The van der Waals surface area contributed by atoms with Crippen LogP contribution in [0.25, 0.3) is 21.8 Å². The number of ether oxygens (including phenoxy) is 1. The molecule has 0 aliphatic heterocycles. The monoisotopic (exact) mass is 452 g/mol. The van der Waals surface area contributed by atoms with E-state index in [9.17, 15) is 14.0 Å². The number of nitrogens with zero attached hydrogens (tertiary/aromatic N) is 1. The molecule has 0 aliphatic rings. The number of carbonyl (C=O) groups excluding carboxylic acids is 1. The summed E-state index contributed by atoms with van der Waals surface area (Å²) in [5.41, 5.74) is 2.33. The highest BCUT2D eigenvalue weighted by molar-refractivity contribution is 5.94. The van der Waals surface area contributed by atoms with Crippen LogP contribution in [-0.4, -0.2) is 10.5 Å². The Hall–Kier alpha value is -4.45. The highest BCUT2D eigenvalue weighted by Gasteiger charge is 2.12. The van der Waals surface area contributed by atoms with Crippen LogP contribution in [0.15, 0.2) is 102 Å². The summed E-state index contributed by atoms with van der Waals surface area (Å²) >= 11 is 0. The third-order valence-corrected chi connectivity index (χ3v) is 5.64. The largest absolute Gasteiger partial charge is 0.457 e. The van der Waals surface area contributed by atoms with Crippen molar-refractivity contribution in [2.24, 2.45) is 0 Å². The second-order valence-electron chi connectivity index (χ2n) is 7.93. The quantitative estimate of drug-likeness (QED) is 0.351. The number of fused-ring (bicyclic) bond motifs is 2. The van der Waals surface area contributed by atoms with Gasteiger partial charge in [0.05, 0.1) is 11.0 Å². The van der Waals surface area contributed by atoms with Crippen LogP contribution in [0.5, 0.6) is 11.5 Å². The van der Waals surface area contributed by atoms with Gasteiger partial charge in [-0.2, -0.15) is 0 Å². The van der Waals surface area contributed by atoms with Crippen LogP contribution in [0.3, 0.4) is 0 Å². The minimum atomic E-state index is -0.318. The topological polar surface area (TPSA) is 60.3 Å². The summed E-state index contributed by atoms with van der Waals surface area (Å²) in [6.45, 7) is 0.443. The number of carbonyl (C=O) groups is 1. The first-order valence-electron chi connectivity index (χ1n) is 10.9. The van der Waals surface area contributed by atoms with Crippen LogP contribution in [0, 0.1) is 5.82 Å². The molecule has 1 amide bonds. The summed E-state index contributed by atoms with van der Waals surface area (Å²) in [5.74, 6) is 0.683. The first kappa shape index (κ1) is 21.4. The Labute approximate surface area is 195 Å². The Morgan fingerprint density at radius 1 is 0.765 bits per heavy atom. The molecule has 0 saturated heterocycles. The SMILES string of the molecule is O=C(Cn1c2ccccc2c(=O)c2ccccc21)NCc1ccc(Oc2ccc(F)cc2)cc1. The maximum Gasteiger partial charge on any atom is 0.240 e. The number of hydrogen-bond acceptors (Lipinski definition) is 3. The average molecular weight is 452 g/mol.